The van der Waals surface area contributed by atoms with Crippen LogP contribution in [0, 0.1) is 6.92 Å². The minimum atomic E-state index is -0.828. The molecule has 2 aromatic rings. The number of hydrogen-bond donors (Lipinski definition) is 0. The first kappa shape index (κ1) is 16.1. The molecule has 116 valence electrons. The van der Waals surface area contributed by atoms with E-state index in [0.29, 0.717) is 0 Å². The summed E-state index contributed by atoms with van der Waals surface area (Å²) >= 11 is 1.40. The first-order valence-electron chi connectivity index (χ1n) is 6.72. The van der Waals surface area contributed by atoms with Gasteiger partial charge in [0.05, 0.1) is 5.69 Å². The summed E-state index contributed by atoms with van der Waals surface area (Å²) in [5.74, 6) is -0.772. The summed E-state index contributed by atoms with van der Waals surface area (Å²) in [4.78, 5) is 33.3. The third-order valence-corrected chi connectivity index (χ3v) is 4.29. The maximum Gasteiger partial charge on any atom is 0.303 e. The van der Waals surface area contributed by atoms with Crippen molar-refractivity contribution in [1.29, 1.82) is 0 Å². The lowest BCUT2D eigenvalue weighted by Gasteiger charge is -2.19. The standard InChI is InChI=1S/C15H17N3O3S/c1-9-15(18(4)14(20)10(2)21-11(3)19)22-13(17-9)12-6-5-7-16-8-12/h5-8,10H,1-4H3. The molecule has 0 aromatic carbocycles. The maximum atomic E-state index is 12.3. The van der Waals surface area contributed by atoms with Gasteiger partial charge in [0.15, 0.2) is 6.10 Å². The van der Waals surface area contributed by atoms with Gasteiger partial charge in [0.2, 0.25) is 0 Å². The van der Waals surface area contributed by atoms with E-state index in [1.807, 2.05) is 19.1 Å². The molecule has 1 unspecified atom stereocenters. The third-order valence-electron chi connectivity index (χ3n) is 3.01. The second kappa shape index (κ2) is 6.65. The van der Waals surface area contributed by atoms with Crippen LogP contribution in [0.3, 0.4) is 0 Å². The lowest BCUT2D eigenvalue weighted by molar-refractivity contribution is -0.151. The van der Waals surface area contributed by atoms with Crippen molar-refractivity contribution in [3.63, 3.8) is 0 Å². The number of likely N-dealkylation sites (N-methyl/N-ethyl adjacent to an activating group) is 1. The van der Waals surface area contributed by atoms with E-state index >= 15 is 0 Å². The fourth-order valence-corrected chi connectivity index (χ4v) is 3.01. The van der Waals surface area contributed by atoms with Crippen LogP contribution in [-0.4, -0.2) is 35.0 Å². The van der Waals surface area contributed by atoms with E-state index in [-0.39, 0.29) is 5.91 Å². The molecule has 0 spiro atoms. The number of rotatable bonds is 4. The summed E-state index contributed by atoms with van der Waals surface area (Å²) in [7, 11) is 1.65. The summed E-state index contributed by atoms with van der Waals surface area (Å²) < 4.78 is 4.93. The number of nitrogens with zero attached hydrogens (tertiary/aromatic N) is 3. The Morgan fingerprint density at radius 3 is 2.73 bits per heavy atom. The van der Waals surface area contributed by atoms with Crippen molar-refractivity contribution in [3.8, 4) is 10.6 Å². The van der Waals surface area contributed by atoms with Crippen molar-refractivity contribution in [2.45, 2.75) is 26.9 Å². The fraction of sp³-hybridized carbons (Fsp3) is 0.333. The number of carbonyl (C=O) groups excluding carboxylic acids is 2. The van der Waals surface area contributed by atoms with Gasteiger partial charge in [0, 0.05) is 31.9 Å². The predicted molar refractivity (Wildman–Crippen MR) is 84.7 cm³/mol. The normalized spacial score (nSPS) is 11.8. The number of aromatic nitrogens is 2. The minimum absolute atomic E-state index is 0.292. The van der Waals surface area contributed by atoms with Gasteiger partial charge in [0.1, 0.15) is 10.0 Å². The van der Waals surface area contributed by atoms with Crippen LogP contribution in [0.15, 0.2) is 24.5 Å². The molecule has 1 amide bonds. The number of pyridine rings is 1. The van der Waals surface area contributed by atoms with Crippen LogP contribution in [0.25, 0.3) is 10.6 Å². The molecule has 0 aliphatic rings. The van der Waals surface area contributed by atoms with Crippen molar-refractivity contribution in [2.24, 2.45) is 0 Å². The van der Waals surface area contributed by atoms with Crippen LogP contribution in [0.4, 0.5) is 5.00 Å². The minimum Gasteiger partial charge on any atom is -0.453 e. The predicted octanol–water partition coefficient (Wildman–Crippen LogP) is 2.43. The quantitative estimate of drug-likeness (QED) is 0.809. The molecule has 0 bridgehead atoms. The number of esters is 1. The van der Waals surface area contributed by atoms with Crippen LogP contribution >= 0.6 is 11.3 Å². The van der Waals surface area contributed by atoms with E-state index in [1.54, 1.807) is 26.4 Å². The zero-order chi connectivity index (χ0) is 16.3. The Bertz CT molecular complexity index is 685. The van der Waals surface area contributed by atoms with Crippen molar-refractivity contribution in [2.75, 3.05) is 11.9 Å². The molecule has 0 aliphatic carbocycles. The average molecular weight is 319 g/mol. The molecule has 0 radical (unpaired) electrons. The summed E-state index contributed by atoms with van der Waals surface area (Å²) in [6.07, 6.45) is 2.60. The molecule has 2 aromatic heterocycles. The van der Waals surface area contributed by atoms with Gasteiger partial charge in [-0.1, -0.05) is 11.3 Å². The summed E-state index contributed by atoms with van der Waals surface area (Å²) in [5, 5.41) is 1.52. The van der Waals surface area contributed by atoms with E-state index in [0.717, 1.165) is 21.3 Å². The van der Waals surface area contributed by atoms with Crippen molar-refractivity contribution in [1.82, 2.24) is 9.97 Å². The van der Waals surface area contributed by atoms with Gasteiger partial charge >= 0.3 is 5.97 Å². The van der Waals surface area contributed by atoms with Crippen LogP contribution in [-0.2, 0) is 14.3 Å². The van der Waals surface area contributed by atoms with Crippen LogP contribution in [0.1, 0.15) is 19.5 Å². The van der Waals surface area contributed by atoms with Crippen LogP contribution in [0.2, 0.25) is 0 Å². The van der Waals surface area contributed by atoms with Crippen LogP contribution in [0.5, 0.6) is 0 Å². The SMILES string of the molecule is CC(=O)OC(C)C(=O)N(C)c1sc(-c2cccnc2)nc1C. The first-order valence-corrected chi connectivity index (χ1v) is 7.54. The Balaban J connectivity index is 2.24. The number of anilines is 1. The maximum absolute atomic E-state index is 12.3. The summed E-state index contributed by atoms with van der Waals surface area (Å²) in [5.41, 5.74) is 1.64. The number of hydrogen-bond acceptors (Lipinski definition) is 6. The lowest BCUT2D eigenvalue weighted by atomic mass is 10.3. The highest BCUT2D eigenvalue weighted by molar-refractivity contribution is 7.19. The van der Waals surface area contributed by atoms with Gasteiger partial charge in [-0.2, -0.15) is 0 Å². The first-order chi connectivity index (χ1) is 10.4. The second-order valence-electron chi connectivity index (χ2n) is 4.80. The Labute approximate surface area is 132 Å². The number of carbonyl (C=O) groups is 2. The van der Waals surface area contributed by atoms with Crippen LogP contribution < -0.4 is 4.90 Å². The van der Waals surface area contributed by atoms with E-state index in [2.05, 4.69) is 9.97 Å². The number of amides is 1. The zero-order valence-electron chi connectivity index (χ0n) is 12.9. The molecular formula is C15H17N3O3S. The molecule has 0 saturated heterocycles. The molecule has 22 heavy (non-hydrogen) atoms. The van der Waals surface area contributed by atoms with E-state index in [9.17, 15) is 9.59 Å². The fourth-order valence-electron chi connectivity index (χ4n) is 1.98. The Morgan fingerprint density at radius 1 is 1.41 bits per heavy atom. The van der Waals surface area contributed by atoms with Gasteiger partial charge < -0.3 is 9.64 Å². The third kappa shape index (κ3) is 3.48. The lowest BCUT2D eigenvalue weighted by Crippen LogP contribution is -2.37. The van der Waals surface area contributed by atoms with Gasteiger partial charge in [-0.15, -0.1) is 0 Å². The second-order valence-corrected chi connectivity index (χ2v) is 5.78. The van der Waals surface area contributed by atoms with E-state index in [4.69, 9.17) is 4.74 Å². The molecule has 0 aliphatic heterocycles. The van der Waals surface area contributed by atoms with Gasteiger partial charge in [0.25, 0.3) is 5.91 Å². The molecule has 0 saturated carbocycles. The van der Waals surface area contributed by atoms with Gasteiger partial charge in [-0.3, -0.25) is 14.6 Å². The smallest absolute Gasteiger partial charge is 0.303 e. The Morgan fingerprint density at radius 2 is 2.14 bits per heavy atom. The number of ether oxygens (including phenoxy) is 1. The topological polar surface area (TPSA) is 72.4 Å². The van der Waals surface area contributed by atoms with Crippen molar-refractivity contribution in [3.05, 3.63) is 30.2 Å². The van der Waals surface area contributed by atoms with Crippen molar-refractivity contribution < 1.29 is 14.3 Å². The van der Waals surface area contributed by atoms with Crippen molar-refractivity contribution >= 4 is 28.2 Å². The molecule has 0 N–H and O–H groups in total. The average Bonchev–Trinajstić information content (AvgIpc) is 2.88. The van der Waals surface area contributed by atoms with E-state index in [1.165, 1.54) is 23.2 Å². The van der Waals surface area contributed by atoms with E-state index < -0.39 is 12.1 Å². The molecule has 1 atom stereocenters. The monoisotopic (exact) mass is 319 g/mol. The number of thiazole rings is 1. The number of aryl methyl sites for hydroxylation is 1. The highest BCUT2D eigenvalue weighted by Crippen LogP contribution is 2.33. The molecule has 2 heterocycles. The highest BCUT2D eigenvalue weighted by atomic mass is 32.1. The Kier molecular flexibility index (Phi) is 4.87. The molecule has 2 rings (SSSR count). The molecule has 7 heteroatoms. The largest absolute Gasteiger partial charge is 0.453 e. The van der Waals surface area contributed by atoms with Gasteiger partial charge in [-0.05, 0) is 26.0 Å². The van der Waals surface area contributed by atoms with Gasteiger partial charge in [-0.25, -0.2) is 4.98 Å². The zero-order valence-corrected chi connectivity index (χ0v) is 13.7. The summed E-state index contributed by atoms with van der Waals surface area (Å²) in [6, 6.07) is 3.75. The molecular weight excluding hydrogens is 302 g/mol. The summed E-state index contributed by atoms with van der Waals surface area (Å²) in [6.45, 7) is 4.67. The molecule has 6 nitrogen and oxygen atoms in total. The highest BCUT2D eigenvalue weighted by Gasteiger charge is 2.24. The Hall–Kier alpha value is -2.28. The molecule has 0 fully saturated rings.